The number of nitrogens with zero attached hydrogens (tertiary/aromatic N) is 5. The normalized spacial score (nSPS) is 10.9. The Morgan fingerprint density at radius 2 is 2.00 bits per heavy atom. The van der Waals surface area contributed by atoms with Gasteiger partial charge in [0.05, 0.1) is 17.2 Å². The second-order valence-electron chi connectivity index (χ2n) is 3.68. The van der Waals surface area contributed by atoms with Gasteiger partial charge in [-0.05, 0) is 12.1 Å². The van der Waals surface area contributed by atoms with Gasteiger partial charge in [0.25, 0.3) is 0 Å². The predicted octanol–water partition coefficient (Wildman–Crippen LogP) is 1.01. The van der Waals surface area contributed by atoms with E-state index in [1.54, 1.807) is 6.20 Å². The summed E-state index contributed by atoms with van der Waals surface area (Å²) in [5, 5.41) is 7.41. The Balaban J connectivity index is 2.27. The zero-order chi connectivity index (χ0) is 11.8. The fraction of sp³-hybridized carbons (Fsp3) is 0.0909. The molecule has 0 atom stereocenters. The first-order valence-electron chi connectivity index (χ1n) is 5.13. The van der Waals surface area contributed by atoms with Gasteiger partial charge in [0, 0.05) is 7.05 Å². The number of aryl methyl sites for hydroxylation is 1. The van der Waals surface area contributed by atoms with Crippen LogP contribution >= 0.6 is 0 Å². The largest absolute Gasteiger partial charge is 0.366 e. The average molecular weight is 226 g/mol. The molecule has 2 N–H and O–H groups in total. The van der Waals surface area contributed by atoms with E-state index in [9.17, 15) is 0 Å². The minimum absolute atomic E-state index is 0.148. The molecule has 2 heterocycles. The van der Waals surface area contributed by atoms with Crippen LogP contribution in [0.1, 0.15) is 0 Å². The van der Waals surface area contributed by atoms with Crippen LogP contribution in [-0.2, 0) is 7.05 Å². The second-order valence-corrected chi connectivity index (χ2v) is 3.68. The van der Waals surface area contributed by atoms with Crippen LogP contribution in [0.4, 0.5) is 5.95 Å². The van der Waals surface area contributed by atoms with Gasteiger partial charge < -0.3 is 10.3 Å². The minimum atomic E-state index is 0.148. The van der Waals surface area contributed by atoms with Crippen molar-refractivity contribution in [3.8, 4) is 11.5 Å². The summed E-state index contributed by atoms with van der Waals surface area (Å²) in [6, 6.07) is 7.88. The molecular formula is C11H10N6. The highest BCUT2D eigenvalue weighted by Gasteiger charge is 2.11. The van der Waals surface area contributed by atoms with Gasteiger partial charge in [0.15, 0.2) is 5.82 Å². The molecule has 0 unspecified atom stereocenters. The van der Waals surface area contributed by atoms with Gasteiger partial charge in [-0.2, -0.15) is 5.10 Å². The van der Waals surface area contributed by atoms with Crippen LogP contribution < -0.4 is 5.73 Å². The quantitative estimate of drug-likeness (QED) is 0.669. The molecule has 17 heavy (non-hydrogen) atoms. The van der Waals surface area contributed by atoms with Crippen molar-refractivity contribution >= 4 is 17.0 Å². The monoisotopic (exact) mass is 226 g/mol. The third-order valence-corrected chi connectivity index (χ3v) is 2.59. The third-order valence-electron chi connectivity index (χ3n) is 2.59. The van der Waals surface area contributed by atoms with Gasteiger partial charge in [-0.15, -0.1) is 5.10 Å². The van der Waals surface area contributed by atoms with Crippen LogP contribution in [0.25, 0.3) is 22.6 Å². The van der Waals surface area contributed by atoms with Crippen LogP contribution in [0.2, 0.25) is 0 Å². The van der Waals surface area contributed by atoms with E-state index in [2.05, 4.69) is 20.2 Å². The fourth-order valence-electron chi connectivity index (χ4n) is 1.80. The zero-order valence-electron chi connectivity index (χ0n) is 9.20. The van der Waals surface area contributed by atoms with E-state index in [1.165, 1.54) is 0 Å². The van der Waals surface area contributed by atoms with Crippen molar-refractivity contribution in [2.45, 2.75) is 0 Å². The Labute approximate surface area is 97.1 Å². The molecule has 0 aliphatic rings. The van der Waals surface area contributed by atoms with E-state index < -0.39 is 0 Å². The highest BCUT2D eigenvalue weighted by atomic mass is 15.2. The van der Waals surface area contributed by atoms with Crippen LogP contribution in [-0.4, -0.2) is 24.7 Å². The number of anilines is 1. The van der Waals surface area contributed by atoms with Crippen molar-refractivity contribution < 1.29 is 0 Å². The Morgan fingerprint density at radius 1 is 1.18 bits per heavy atom. The molecule has 0 saturated carbocycles. The van der Waals surface area contributed by atoms with Crippen LogP contribution in [0.15, 0.2) is 30.5 Å². The Morgan fingerprint density at radius 3 is 2.76 bits per heavy atom. The van der Waals surface area contributed by atoms with Crippen LogP contribution in [0.3, 0.4) is 0 Å². The van der Waals surface area contributed by atoms with Gasteiger partial charge in [0.1, 0.15) is 5.69 Å². The first-order chi connectivity index (χ1) is 8.25. The first kappa shape index (κ1) is 9.71. The summed E-state index contributed by atoms with van der Waals surface area (Å²) >= 11 is 0. The summed E-state index contributed by atoms with van der Waals surface area (Å²) in [5.41, 5.74) is 8.10. The lowest BCUT2D eigenvalue weighted by molar-refractivity contribution is 0.926. The molecule has 0 radical (unpaired) electrons. The molecule has 0 amide bonds. The van der Waals surface area contributed by atoms with E-state index >= 15 is 0 Å². The predicted molar refractivity (Wildman–Crippen MR) is 63.9 cm³/mol. The molecule has 0 saturated heterocycles. The van der Waals surface area contributed by atoms with Crippen molar-refractivity contribution in [3.05, 3.63) is 30.5 Å². The number of nitrogen functional groups attached to an aromatic ring is 1. The number of nitrogens with two attached hydrogens (primary N) is 1. The third kappa shape index (κ3) is 1.50. The average Bonchev–Trinajstić information content (AvgIpc) is 2.68. The standard InChI is InChI=1S/C11H10N6/c1-17-9-5-3-2-4-7(9)14-10(17)8-6-13-16-11(12)15-8/h2-6H,1H3,(H2,12,15,16). The number of benzene rings is 1. The molecule has 3 rings (SSSR count). The van der Waals surface area contributed by atoms with Crippen LogP contribution in [0.5, 0.6) is 0 Å². The first-order valence-corrected chi connectivity index (χ1v) is 5.13. The zero-order valence-corrected chi connectivity index (χ0v) is 9.20. The highest BCUT2D eigenvalue weighted by molar-refractivity contribution is 5.79. The maximum Gasteiger partial charge on any atom is 0.240 e. The van der Waals surface area contributed by atoms with Crippen molar-refractivity contribution in [1.82, 2.24) is 24.7 Å². The van der Waals surface area contributed by atoms with E-state index in [0.717, 1.165) is 16.9 Å². The summed E-state index contributed by atoms with van der Waals surface area (Å²) in [7, 11) is 1.93. The van der Waals surface area contributed by atoms with Gasteiger partial charge in [-0.3, -0.25) is 0 Å². The SMILES string of the molecule is Cn1c(-c2cnnc(N)n2)nc2ccccc21. The summed E-state index contributed by atoms with van der Waals surface area (Å²) in [6.45, 7) is 0. The number of hydrogen-bond donors (Lipinski definition) is 1. The summed E-state index contributed by atoms with van der Waals surface area (Å²) in [5.74, 6) is 0.877. The molecule has 1 aromatic carbocycles. The van der Waals surface area contributed by atoms with E-state index in [-0.39, 0.29) is 5.95 Å². The van der Waals surface area contributed by atoms with Crippen molar-refractivity contribution in [3.63, 3.8) is 0 Å². The van der Waals surface area contributed by atoms with Crippen molar-refractivity contribution in [1.29, 1.82) is 0 Å². The molecule has 0 aliphatic carbocycles. The second kappa shape index (κ2) is 3.51. The maximum absolute atomic E-state index is 5.52. The number of aromatic nitrogens is 5. The molecule has 0 spiro atoms. The molecule has 0 fully saturated rings. The molecular weight excluding hydrogens is 216 g/mol. The van der Waals surface area contributed by atoms with E-state index in [1.807, 2.05) is 35.9 Å². The molecule has 6 nitrogen and oxygen atoms in total. The highest BCUT2D eigenvalue weighted by Crippen LogP contribution is 2.21. The molecule has 0 bridgehead atoms. The molecule has 2 aromatic heterocycles. The fourth-order valence-corrected chi connectivity index (χ4v) is 1.80. The topological polar surface area (TPSA) is 82.5 Å². The van der Waals surface area contributed by atoms with Gasteiger partial charge in [0.2, 0.25) is 5.95 Å². The van der Waals surface area contributed by atoms with Gasteiger partial charge in [-0.25, -0.2) is 9.97 Å². The van der Waals surface area contributed by atoms with Crippen LogP contribution in [0, 0.1) is 0 Å². The maximum atomic E-state index is 5.52. The van der Waals surface area contributed by atoms with E-state index in [4.69, 9.17) is 5.73 Å². The molecule has 0 aliphatic heterocycles. The lowest BCUT2D eigenvalue weighted by Gasteiger charge is -2.00. The number of hydrogen-bond acceptors (Lipinski definition) is 5. The summed E-state index contributed by atoms with van der Waals surface area (Å²) in [6.07, 6.45) is 1.55. The Bertz CT molecular complexity index is 687. The summed E-state index contributed by atoms with van der Waals surface area (Å²) < 4.78 is 1.96. The summed E-state index contributed by atoms with van der Waals surface area (Å²) in [4.78, 5) is 8.62. The van der Waals surface area contributed by atoms with Gasteiger partial charge in [-0.1, -0.05) is 12.1 Å². The lowest BCUT2D eigenvalue weighted by Crippen LogP contribution is -2.01. The van der Waals surface area contributed by atoms with Crippen molar-refractivity contribution in [2.75, 3.05) is 5.73 Å². The minimum Gasteiger partial charge on any atom is -0.366 e. The number of rotatable bonds is 1. The number of imidazole rings is 1. The molecule has 6 heteroatoms. The van der Waals surface area contributed by atoms with Gasteiger partial charge >= 0.3 is 0 Å². The molecule has 3 aromatic rings. The number of fused-ring (bicyclic) bond motifs is 1. The van der Waals surface area contributed by atoms with E-state index in [0.29, 0.717) is 5.69 Å². The molecule has 84 valence electrons. The van der Waals surface area contributed by atoms with Crippen molar-refractivity contribution in [2.24, 2.45) is 7.05 Å². The smallest absolute Gasteiger partial charge is 0.240 e. The Hall–Kier alpha value is -2.50. The lowest BCUT2D eigenvalue weighted by atomic mass is 10.3. The number of para-hydroxylation sites is 2. The Kier molecular flexibility index (Phi) is 2.01.